The monoisotopic (exact) mass is 534 g/mol. The number of hydrogen-bond donors (Lipinski definition) is 2. The fourth-order valence-electron chi connectivity index (χ4n) is 4.02. The van der Waals surface area contributed by atoms with E-state index >= 15 is 0 Å². The van der Waals surface area contributed by atoms with Crippen LogP contribution >= 0.6 is 35.3 Å². The van der Waals surface area contributed by atoms with Crippen LogP contribution in [-0.2, 0) is 11.3 Å². The van der Waals surface area contributed by atoms with Gasteiger partial charge in [0.25, 0.3) is 0 Å². The second-order valence-corrected chi connectivity index (χ2v) is 8.92. The Hall–Kier alpha value is -0.940. The number of piperidine rings is 1. The van der Waals surface area contributed by atoms with Crippen LogP contribution in [0.1, 0.15) is 43.3 Å². The molecule has 1 unspecified atom stereocenters. The SMILES string of the molecule is CCC(=O)N1CCC(NC(=NC)NCC2CCN(Cc3csc(C)n3)CC2)C1.I. The molecule has 0 saturated carbocycles. The van der Waals surface area contributed by atoms with Crippen molar-refractivity contribution in [2.45, 2.75) is 52.1 Å². The molecule has 2 saturated heterocycles. The minimum absolute atomic E-state index is 0. The van der Waals surface area contributed by atoms with Gasteiger partial charge in [0.15, 0.2) is 5.96 Å². The average Bonchev–Trinajstić information content (AvgIpc) is 3.34. The largest absolute Gasteiger partial charge is 0.356 e. The Morgan fingerprint density at radius 1 is 1.31 bits per heavy atom. The number of guanidine groups is 1. The topological polar surface area (TPSA) is 72.9 Å². The van der Waals surface area contributed by atoms with Crippen molar-refractivity contribution in [1.82, 2.24) is 25.4 Å². The van der Waals surface area contributed by atoms with E-state index in [1.54, 1.807) is 11.3 Å². The number of carbonyl (C=O) groups excluding carboxylic acids is 1. The minimum Gasteiger partial charge on any atom is -0.356 e. The molecule has 2 aliphatic heterocycles. The Kier molecular flexibility index (Phi) is 10.1. The van der Waals surface area contributed by atoms with Gasteiger partial charge in [0.1, 0.15) is 0 Å². The van der Waals surface area contributed by atoms with Crippen molar-refractivity contribution in [2.24, 2.45) is 10.9 Å². The first kappa shape index (κ1) is 24.3. The zero-order valence-electron chi connectivity index (χ0n) is 17.8. The van der Waals surface area contributed by atoms with Gasteiger partial charge in [0, 0.05) is 51.1 Å². The van der Waals surface area contributed by atoms with E-state index < -0.39 is 0 Å². The summed E-state index contributed by atoms with van der Waals surface area (Å²) in [6, 6.07) is 0.296. The van der Waals surface area contributed by atoms with Crippen molar-refractivity contribution in [1.29, 1.82) is 0 Å². The van der Waals surface area contributed by atoms with Gasteiger partial charge in [-0.1, -0.05) is 6.92 Å². The number of thiazole rings is 1. The van der Waals surface area contributed by atoms with Crippen molar-refractivity contribution < 1.29 is 4.79 Å². The highest BCUT2D eigenvalue weighted by Crippen LogP contribution is 2.19. The van der Waals surface area contributed by atoms with Crippen molar-refractivity contribution in [3.63, 3.8) is 0 Å². The Labute approximate surface area is 195 Å². The molecule has 1 aromatic heterocycles. The van der Waals surface area contributed by atoms with Crippen molar-refractivity contribution >= 4 is 47.2 Å². The number of nitrogens with one attached hydrogen (secondary N) is 2. The molecule has 2 fully saturated rings. The summed E-state index contributed by atoms with van der Waals surface area (Å²) in [7, 11) is 1.82. The molecule has 3 rings (SSSR count). The molecular weight excluding hydrogens is 499 g/mol. The average molecular weight is 535 g/mol. The van der Waals surface area contributed by atoms with Gasteiger partial charge >= 0.3 is 0 Å². The van der Waals surface area contributed by atoms with Crippen LogP contribution in [0.15, 0.2) is 10.4 Å². The summed E-state index contributed by atoms with van der Waals surface area (Å²) in [4.78, 5) is 25.2. The van der Waals surface area contributed by atoms with Crippen molar-refractivity contribution in [3.05, 3.63) is 16.1 Å². The predicted molar refractivity (Wildman–Crippen MR) is 130 cm³/mol. The van der Waals surface area contributed by atoms with E-state index in [2.05, 4.69) is 37.8 Å². The smallest absolute Gasteiger partial charge is 0.222 e. The Morgan fingerprint density at radius 3 is 2.69 bits per heavy atom. The van der Waals surface area contributed by atoms with E-state index in [4.69, 9.17) is 0 Å². The third-order valence-electron chi connectivity index (χ3n) is 5.73. The maximum Gasteiger partial charge on any atom is 0.222 e. The quantitative estimate of drug-likeness (QED) is 0.334. The number of likely N-dealkylation sites (tertiary alicyclic amines) is 2. The van der Waals surface area contributed by atoms with Crippen LogP contribution in [0.2, 0.25) is 0 Å². The summed E-state index contributed by atoms with van der Waals surface area (Å²) in [5, 5.41) is 10.3. The van der Waals surface area contributed by atoms with Crippen LogP contribution in [0.4, 0.5) is 0 Å². The molecule has 2 N–H and O–H groups in total. The second kappa shape index (κ2) is 12.0. The van der Waals surface area contributed by atoms with E-state index in [1.165, 1.54) is 18.5 Å². The molecule has 29 heavy (non-hydrogen) atoms. The Morgan fingerprint density at radius 2 is 2.07 bits per heavy atom. The molecule has 2 aliphatic rings. The fraction of sp³-hybridized carbons (Fsp3) is 0.750. The normalized spacial score (nSPS) is 21.1. The van der Waals surface area contributed by atoms with Gasteiger partial charge in [-0.15, -0.1) is 35.3 Å². The maximum absolute atomic E-state index is 11.8. The molecule has 3 heterocycles. The Balaban J connectivity index is 0.00000300. The fourth-order valence-corrected chi connectivity index (χ4v) is 4.62. The van der Waals surface area contributed by atoms with Crippen LogP contribution in [-0.4, -0.2) is 72.5 Å². The summed E-state index contributed by atoms with van der Waals surface area (Å²) < 4.78 is 0. The summed E-state index contributed by atoms with van der Waals surface area (Å²) >= 11 is 1.73. The molecule has 0 spiro atoms. The first-order valence-electron chi connectivity index (χ1n) is 10.5. The molecule has 7 nitrogen and oxygen atoms in total. The number of aryl methyl sites for hydroxylation is 1. The second-order valence-electron chi connectivity index (χ2n) is 7.85. The summed E-state index contributed by atoms with van der Waals surface area (Å²) in [6.07, 6.45) is 3.98. The van der Waals surface area contributed by atoms with E-state index in [0.717, 1.165) is 56.7 Å². The molecule has 0 radical (unpaired) electrons. The van der Waals surface area contributed by atoms with E-state index in [0.29, 0.717) is 18.4 Å². The summed E-state index contributed by atoms with van der Waals surface area (Å²) in [5.41, 5.74) is 1.20. The molecule has 1 aromatic rings. The van der Waals surface area contributed by atoms with Crippen LogP contribution in [0, 0.1) is 12.8 Å². The Bertz CT molecular complexity index is 674. The van der Waals surface area contributed by atoms with E-state index in [-0.39, 0.29) is 29.9 Å². The van der Waals surface area contributed by atoms with Gasteiger partial charge < -0.3 is 15.5 Å². The van der Waals surface area contributed by atoms with E-state index in [9.17, 15) is 4.79 Å². The van der Waals surface area contributed by atoms with E-state index in [1.807, 2.05) is 18.9 Å². The van der Waals surface area contributed by atoms with Crippen molar-refractivity contribution in [3.8, 4) is 0 Å². The van der Waals surface area contributed by atoms with Gasteiger partial charge in [-0.05, 0) is 45.2 Å². The predicted octanol–water partition coefficient (Wildman–Crippen LogP) is 2.46. The lowest BCUT2D eigenvalue weighted by molar-refractivity contribution is -0.129. The van der Waals surface area contributed by atoms with Crippen molar-refractivity contribution in [2.75, 3.05) is 39.8 Å². The van der Waals surface area contributed by atoms with Crippen LogP contribution in [0.5, 0.6) is 0 Å². The molecule has 9 heteroatoms. The third-order valence-corrected chi connectivity index (χ3v) is 6.55. The standard InChI is InChI=1S/C20H34N6OS.HI/c1-4-19(27)26-10-7-17(13-26)24-20(21-3)22-11-16-5-8-25(9-6-16)12-18-14-28-15(2)23-18;/h14,16-17H,4-13H2,1-3H3,(H2,21,22,24);1H. The molecule has 0 aliphatic carbocycles. The number of carbonyl (C=O) groups is 1. The van der Waals surface area contributed by atoms with Gasteiger partial charge in [-0.2, -0.15) is 0 Å². The molecule has 1 atom stereocenters. The first-order chi connectivity index (χ1) is 13.6. The van der Waals surface area contributed by atoms with Crippen LogP contribution in [0.3, 0.4) is 0 Å². The van der Waals surface area contributed by atoms with Crippen LogP contribution in [0.25, 0.3) is 0 Å². The molecule has 1 amide bonds. The number of nitrogens with zero attached hydrogens (tertiary/aromatic N) is 4. The summed E-state index contributed by atoms with van der Waals surface area (Å²) in [5.74, 6) is 1.77. The zero-order chi connectivity index (χ0) is 19.9. The number of amides is 1. The number of hydrogen-bond acceptors (Lipinski definition) is 5. The van der Waals surface area contributed by atoms with Gasteiger partial charge in [-0.25, -0.2) is 4.98 Å². The van der Waals surface area contributed by atoms with Gasteiger partial charge in [0.2, 0.25) is 5.91 Å². The molecule has 164 valence electrons. The molecule has 0 aromatic carbocycles. The lowest BCUT2D eigenvalue weighted by atomic mass is 9.97. The first-order valence-corrected chi connectivity index (χ1v) is 11.3. The van der Waals surface area contributed by atoms with Crippen LogP contribution < -0.4 is 10.6 Å². The highest BCUT2D eigenvalue weighted by molar-refractivity contribution is 14.0. The highest BCUT2D eigenvalue weighted by atomic mass is 127. The lowest BCUT2D eigenvalue weighted by Gasteiger charge is -2.32. The lowest BCUT2D eigenvalue weighted by Crippen LogP contribution is -2.47. The number of halogens is 1. The third kappa shape index (κ3) is 7.36. The molecule has 0 bridgehead atoms. The number of aromatic nitrogens is 1. The minimum atomic E-state index is 0. The maximum atomic E-state index is 11.8. The zero-order valence-corrected chi connectivity index (χ0v) is 21.0. The van der Waals surface area contributed by atoms with Gasteiger partial charge in [0.05, 0.1) is 10.7 Å². The highest BCUT2D eigenvalue weighted by Gasteiger charge is 2.26. The number of aliphatic imine (C=N–C) groups is 1. The number of rotatable bonds is 6. The molecular formula is C20H35IN6OS. The van der Waals surface area contributed by atoms with Gasteiger partial charge in [-0.3, -0.25) is 14.7 Å². The summed E-state index contributed by atoms with van der Waals surface area (Å²) in [6.45, 7) is 9.80.